The molecule has 0 saturated carbocycles. The highest BCUT2D eigenvalue weighted by atomic mass is 32.1. The first-order chi connectivity index (χ1) is 14.7. The normalized spacial score (nSPS) is 18.9. The molecule has 1 amide bonds. The van der Waals surface area contributed by atoms with E-state index in [4.69, 9.17) is 12.2 Å². The van der Waals surface area contributed by atoms with Gasteiger partial charge in [-0.15, -0.1) is 0 Å². The molecule has 2 aliphatic heterocycles. The number of aromatic nitrogens is 3. The third-order valence-corrected chi connectivity index (χ3v) is 6.12. The van der Waals surface area contributed by atoms with Crippen LogP contribution in [0.2, 0.25) is 0 Å². The number of likely N-dealkylation sites (tertiary alicyclic amines) is 1. The maximum atomic E-state index is 12.5. The molecule has 7 nitrogen and oxygen atoms in total. The second kappa shape index (κ2) is 10.1. The number of rotatable bonds is 6. The van der Waals surface area contributed by atoms with Crippen molar-refractivity contribution in [2.75, 3.05) is 45.8 Å². The summed E-state index contributed by atoms with van der Waals surface area (Å²) in [5.74, 6) is 1.04. The van der Waals surface area contributed by atoms with Gasteiger partial charge in [-0.05, 0) is 43.1 Å². The van der Waals surface area contributed by atoms with Gasteiger partial charge in [-0.2, -0.15) is 4.98 Å². The summed E-state index contributed by atoms with van der Waals surface area (Å²) in [5.41, 5.74) is 1.13. The summed E-state index contributed by atoms with van der Waals surface area (Å²) in [6, 6.07) is 10.1. The summed E-state index contributed by atoms with van der Waals surface area (Å²) in [6.45, 7) is 6.75. The number of H-pyrrole nitrogens is 1. The molecule has 2 aromatic rings. The van der Waals surface area contributed by atoms with Crippen LogP contribution in [-0.2, 0) is 11.5 Å². The first kappa shape index (κ1) is 21.0. The van der Waals surface area contributed by atoms with Gasteiger partial charge < -0.3 is 4.90 Å². The van der Waals surface area contributed by atoms with Gasteiger partial charge in [-0.3, -0.25) is 19.7 Å². The van der Waals surface area contributed by atoms with E-state index in [2.05, 4.69) is 32.0 Å². The third-order valence-electron chi connectivity index (χ3n) is 5.80. The number of carbonyl (C=O) groups is 1. The molecule has 2 fully saturated rings. The average Bonchev–Trinajstić information content (AvgIpc) is 3.14. The first-order valence-corrected chi connectivity index (χ1v) is 11.2. The SMILES string of the molecule is O=C(CN1CCN(Cn2[nH]c(/C=C/c3ccccc3)nc2=S)CC1)N1CCCCC1. The Bertz CT molecular complexity index is 907. The third kappa shape index (κ3) is 5.65. The number of piperazine rings is 1. The fourth-order valence-corrected chi connectivity index (χ4v) is 4.21. The monoisotopic (exact) mass is 426 g/mol. The van der Waals surface area contributed by atoms with Crippen molar-refractivity contribution in [3.63, 3.8) is 0 Å². The van der Waals surface area contributed by atoms with E-state index in [1.807, 2.05) is 39.9 Å². The lowest BCUT2D eigenvalue weighted by molar-refractivity contribution is -0.133. The van der Waals surface area contributed by atoms with E-state index < -0.39 is 0 Å². The number of hydrogen-bond donors (Lipinski definition) is 1. The van der Waals surface area contributed by atoms with E-state index in [0.29, 0.717) is 18.0 Å². The van der Waals surface area contributed by atoms with Crippen LogP contribution in [0.25, 0.3) is 12.2 Å². The van der Waals surface area contributed by atoms with Gasteiger partial charge in [0.2, 0.25) is 10.7 Å². The molecule has 1 N–H and O–H groups in total. The molecular weight excluding hydrogens is 396 g/mol. The van der Waals surface area contributed by atoms with Crippen LogP contribution in [0.5, 0.6) is 0 Å². The molecule has 2 saturated heterocycles. The van der Waals surface area contributed by atoms with E-state index in [1.54, 1.807) is 0 Å². The molecule has 4 rings (SSSR count). The number of hydrogen-bond acceptors (Lipinski definition) is 5. The highest BCUT2D eigenvalue weighted by Crippen LogP contribution is 2.11. The van der Waals surface area contributed by atoms with Gasteiger partial charge in [0.25, 0.3) is 0 Å². The summed E-state index contributed by atoms with van der Waals surface area (Å²) >= 11 is 5.42. The molecule has 0 radical (unpaired) electrons. The Labute approximate surface area is 183 Å². The van der Waals surface area contributed by atoms with Gasteiger partial charge in [0.15, 0.2) is 0 Å². The van der Waals surface area contributed by atoms with Crippen LogP contribution in [0.1, 0.15) is 30.7 Å². The number of nitrogens with zero attached hydrogens (tertiary/aromatic N) is 5. The second-order valence-electron chi connectivity index (χ2n) is 8.04. The van der Waals surface area contributed by atoms with E-state index in [9.17, 15) is 4.79 Å². The van der Waals surface area contributed by atoms with Crippen molar-refractivity contribution >= 4 is 30.3 Å². The Kier molecular flexibility index (Phi) is 7.09. The zero-order valence-corrected chi connectivity index (χ0v) is 18.2. The molecule has 0 atom stereocenters. The first-order valence-electron chi connectivity index (χ1n) is 10.8. The van der Waals surface area contributed by atoms with E-state index in [0.717, 1.165) is 63.5 Å². The van der Waals surface area contributed by atoms with Crippen molar-refractivity contribution in [1.82, 2.24) is 29.5 Å². The van der Waals surface area contributed by atoms with E-state index in [-0.39, 0.29) is 5.91 Å². The molecule has 0 aliphatic carbocycles. The Morgan fingerprint density at radius 2 is 1.67 bits per heavy atom. The number of piperidine rings is 1. The molecule has 3 heterocycles. The number of amides is 1. The minimum atomic E-state index is 0.286. The summed E-state index contributed by atoms with van der Waals surface area (Å²) in [6.07, 6.45) is 7.52. The largest absolute Gasteiger partial charge is 0.342 e. The van der Waals surface area contributed by atoms with Gasteiger partial charge in [0.1, 0.15) is 5.82 Å². The van der Waals surface area contributed by atoms with Crippen LogP contribution >= 0.6 is 12.2 Å². The smallest absolute Gasteiger partial charge is 0.236 e. The molecule has 0 bridgehead atoms. The number of nitrogens with one attached hydrogen (secondary N) is 1. The Morgan fingerprint density at radius 3 is 2.40 bits per heavy atom. The Balaban J connectivity index is 1.26. The fourth-order valence-electron chi connectivity index (χ4n) is 4.01. The summed E-state index contributed by atoms with van der Waals surface area (Å²) in [4.78, 5) is 23.6. The zero-order valence-electron chi connectivity index (χ0n) is 17.4. The lowest BCUT2D eigenvalue weighted by Crippen LogP contribution is -2.50. The predicted octanol–water partition coefficient (Wildman–Crippen LogP) is 2.70. The maximum absolute atomic E-state index is 12.5. The highest BCUT2D eigenvalue weighted by Gasteiger charge is 2.23. The molecule has 8 heteroatoms. The quantitative estimate of drug-likeness (QED) is 0.720. The molecule has 160 valence electrons. The lowest BCUT2D eigenvalue weighted by Gasteiger charge is -2.35. The summed E-state index contributed by atoms with van der Waals surface area (Å²) < 4.78 is 2.47. The van der Waals surface area contributed by atoms with Gasteiger partial charge in [0, 0.05) is 39.3 Å². The van der Waals surface area contributed by atoms with Crippen molar-refractivity contribution in [2.24, 2.45) is 0 Å². The van der Waals surface area contributed by atoms with Crippen molar-refractivity contribution < 1.29 is 4.79 Å². The van der Waals surface area contributed by atoms with Crippen LogP contribution in [0.3, 0.4) is 0 Å². The standard InChI is InChI=1S/C22H30N6OS/c29-21(27-11-5-2-6-12-27)17-25-13-15-26(16-14-25)18-28-22(30)23-20(24-28)10-9-19-7-3-1-4-8-19/h1,3-4,7-10H,2,5-6,11-18H2,(H,23,24,30)/b10-9+. The van der Waals surface area contributed by atoms with Crippen LogP contribution < -0.4 is 0 Å². The van der Waals surface area contributed by atoms with E-state index >= 15 is 0 Å². The van der Waals surface area contributed by atoms with Crippen LogP contribution in [0.4, 0.5) is 0 Å². The Hall–Kier alpha value is -2.29. The topological polar surface area (TPSA) is 60.4 Å². The minimum Gasteiger partial charge on any atom is -0.342 e. The van der Waals surface area contributed by atoms with Crippen molar-refractivity contribution in [3.05, 3.63) is 46.5 Å². The number of benzene rings is 1. The minimum absolute atomic E-state index is 0.286. The maximum Gasteiger partial charge on any atom is 0.236 e. The Morgan fingerprint density at radius 1 is 0.967 bits per heavy atom. The molecule has 30 heavy (non-hydrogen) atoms. The van der Waals surface area contributed by atoms with E-state index in [1.165, 1.54) is 6.42 Å². The second-order valence-corrected chi connectivity index (χ2v) is 8.41. The van der Waals surface area contributed by atoms with Crippen LogP contribution in [0, 0.1) is 4.77 Å². The number of carbonyl (C=O) groups excluding carboxylic acids is 1. The molecule has 0 unspecified atom stereocenters. The highest BCUT2D eigenvalue weighted by molar-refractivity contribution is 7.71. The van der Waals surface area contributed by atoms with Crippen LogP contribution in [0.15, 0.2) is 30.3 Å². The fraction of sp³-hybridized carbons (Fsp3) is 0.500. The molecular formula is C22H30N6OS. The van der Waals surface area contributed by atoms with Crippen molar-refractivity contribution in [3.8, 4) is 0 Å². The van der Waals surface area contributed by atoms with Crippen molar-refractivity contribution in [1.29, 1.82) is 0 Å². The van der Waals surface area contributed by atoms with Gasteiger partial charge >= 0.3 is 0 Å². The lowest BCUT2D eigenvalue weighted by atomic mass is 10.1. The molecule has 1 aromatic heterocycles. The number of aromatic amines is 1. The zero-order chi connectivity index (χ0) is 20.8. The van der Waals surface area contributed by atoms with Gasteiger partial charge in [-0.1, -0.05) is 36.4 Å². The van der Waals surface area contributed by atoms with Gasteiger partial charge in [-0.25, -0.2) is 4.68 Å². The molecule has 1 aromatic carbocycles. The summed E-state index contributed by atoms with van der Waals surface area (Å²) in [7, 11) is 0. The summed E-state index contributed by atoms with van der Waals surface area (Å²) in [5, 5.41) is 3.28. The predicted molar refractivity (Wildman–Crippen MR) is 121 cm³/mol. The van der Waals surface area contributed by atoms with Crippen molar-refractivity contribution in [2.45, 2.75) is 25.9 Å². The molecule has 0 spiro atoms. The van der Waals surface area contributed by atoms with Crippen LogP contribution in [-0.4, -0.2) is 81.2 Å². The molecule has 2 aliphatic rings. The van der Waals surface area contributed by atoms with Gasteiger partial charge in [0.05, 0.1) is 13.2 Å². The average molecular weight is 427 g/mol.